The van der Waals surface area contributed by atoms with Crippen LogP contribution in [0.4, 0.5) is 5.69 Å². The summed E-state index contributed by atoms with van der Waals surface area (Å²) in [6.07, 6.45) is 0. The highest BCUT2D eigenvalue weighted by atomic mass is 79.9. The summed E-state index contributed by atoms with van der Waals surface area (Å²) in [5.41, 5.74) is 2.36. The fourth-order valence-corrected chi connectivity index (χ4v) is 2.44. The lowest BCUT2D eigenvalue weighted by Crippen LogP contribution is -2.12. The number of halogens is 2. The number of nitrogens with one attached hydrogen (secondary N) is 1. The summed E-state index contributed by atoms with van der Waals surface area (Å²) in [7, 11) is 0. The van der Waals surface area contributed by atoms with Crippen molar-refractivity contribution in [2.75, 3.05) is 18.5 Å². The lowest BCUT2D eigenvalue weighted by atomic mass is 10.2. The molecule has 0 aromatic heterocycles. The average Bonchev–Trinajstić information content (AvgIpc) is 2.39. The summed E-state index contributed by atoms with van der Waals surface area (Å²) in [4.78, 5) is 0. The molecule has 2 aromatic rings. The van der Waals surface area contributed by atoms with Gasteiger partial charge in [-0.15, -0.1) is 0 Å². The van der Waals surface area contributed by atoms with E-state index < -0.39 is 0 Å². The fourth-order valence-electron chi connectivity index (χ4n) is 1.70. The van der Waals surface area contributed by atoms with E-state index in [2.05, 4.69) is 56.2 Å². The van der Waals surface area contributed by atoms with E-state index in [4.69, 9.17) is 4.74 Å². The first-order valence-corrected chi connectivity index (χ1v) is 7.62. The maximum absolute atomic E-state index is 5.67. The van der Waals surface area contributed by atoms with Crippen molar-refractivity contribution in [1.82, 2.24) is 0 Å². The van der Waals surface area contributed by atoms with Gasteiger partial charge in [0.05, 0.1) is 0 Å². The molecule has 0 aliphatic heterocycles. The molecule has 0 atom stereocenters. The lowest BCUT2D eigenvalue weighted by molar-refractivity contribution is 0.332. The topological polar surface area (TPSA) is 21.3 Å². The first-order valence-electron chi connectivity index (χ1n) is 6.03. The fraction of sp³-hybridized carbons (Fsp3) is 0.200. The van der Waals surface area contributed by atoms with E-state index in [1.54, 1.807) is 0 Å². The van der Waals surface area contributed by atoms with Gasteiger partial charge in [0.2, 0.25) is 0 Å². The van der Waals surface area contributed by atoms with Crippen LogP contribution in [0.3, 0.4) is 0 Å². The number of aryl methyl sites for hydroxylation is 1. The Hall–Kier alpha value is -1.000. The second-order valence-corrected chi connectivity index (χ2v) is 6.02. The van der Waals surface area contributed by atoms with Crippen LogP contribution in [0.15, 0.2) is 51.4 Å². The third-order valence-electron chi connectivity index (χ3n) is 2.68. The van der Waals surface area contributed by atoms with Gasteiger partial charge in [-0.2, -0.15) is 0 Å². The van der Waals surface area contributed by atoms with Gasteiger partial charge in [-0.1, -0.05) is 44.0 Å². The zero-order valence-electron chi connectivity index (χ0n) is 10.6. The Balaban J connectivity index is 1.82. The van der Waals surface area contributed by atoms with Crippen LogP contribution < -0.4 is 10.1 Å². The minimum absolute atomic E-state index is 0.627. The molecule has 0 aliphatic rings. The van der Waals surface area contributed by atoms with Crippen molar-refractivity contribution in [3.63, 3.8) is 0 Å². The quantitative estimate of drug-likeness (QED) is 0.731. The summed E-state index contributed by atoms with van der Waals surface area (Å²) in [5.74, 6) is 0.877. The second-order valence-electron chi connectivity index (χ2n) is 4.19. The van der Waals surface area contributed by atoms with Gasteiger partial charge < -0.3 is 10.1 Å². The van der Waals surface area contributed by atoms with Gasteiger partial charge in [-0.3, -0.25) is 0 Å². The molecule has 0 spiro atoms. The molecule has 0 saturated carbocycles. The SMILES string of the molecule is Cc1ccc(Br)cc1NCCOc1cccc(Br)c1. The molecule has 0 heterocycles. The summed E-state index contributed by atoms with van der Waals surface area (Å²) < 4.78 is 7.78. The van der Waals surface area contributed by atoms with Gasteiger partial charge in [0, 0.05) is 21.2 Å². The Kier molecular flexibility index (Phi) is 5.28. The highest BCUT2D eigenvalue weighted by molar-refractivity contribution is 9.10. The van der Waals surface area contributed by atoms with Crippen LogP contribution in [-0.4, -0.2) is 13.2 Å². The van der Waals surface area contributed by atoms with E-state index in [1.165, 1.54) is 5.56 Å². The molecule has 1 N–H and O–H groups in total. The van der Waals surface area contributed by atoms with Crippen molar-refractivity contribution >= 4 is 37.5 Å². The average molecular weight is 385 g/mol. The van der Waals surface area contributed by atoms with Crippen molar-refractivity contribution in [3.05, 3.63) is 57.0 Å². The normalized spacial score (nSPS) is 10.3. The number of hydrogen-bond donors (Lipinski definition) is 1. The number of hydrogen-bond acceptors (Lipinski definition) is 2. The number of ether oxygens (including phenoxy) is 1. The minimum Gasteiger partial charge on any atom is -0.492 e. The zero-order chi connectivity index (χ0) is 13.7. The summed E-state index contributed by atoms with van der Waals surface area (Å²) in [6, 6.07) is 14.1. The molecular weight excluding hydrogens is 370 g/mol. The van der Waals surface area contributed by atoms with Gasteiger partial charge in [0.1, 0.15) is 12.4 Å². The number of anilines is 1. The van der Waals surface area contributed by atoms with E-state index in [-0.39, 0.29) is 0 Å². The van der Waals surface area contributed by atoms with Crippen LogP contribution in [0.1, 0.15) is 5.56 Å². The van der Waals surface area contributed by atoms with Crippen molar-refractivity contribution in [3.8, 4) is 5.75 Å². The zero-order valence-corrected chi connectivity index (χ0v) is 13.8. The van der Waals surface area contributed by atoms with Crippen LogP contribution >= 0.6 is 31.9 Å². The first-order chi connectivity index (χ1) is 9.15. The predicted octanol–water partition coefficient (Wildman–Crippen LogP) is 5.01. The van der Waals surface area contributed by atoms with Gasteiger partial charge in [0.15, 0.2) is 0 Å². The predicted molar refractivity (Wildman–Crippen MR) is 87.0 cm³/mol. The monoisotopic (exact) mass is 383 g/mol. The molecule has 0 radical (unpaired) electrons. The van der Waals surface area contributed by atoms with Gasteiger partial charge in [-0.25, -0.2) is 0 Å². The summed E-state index contributed by atoms with van der Waals surface area (Å²) >= 11 is 6.90. The van der Waals surface area contributed by atoms with Gasteiger partial charge >= 0.3 is 0 Å². The van der Waals surface area contributed by atoms with Crippen LogP contribution in [-0.2, 0) is 0 Å². The summed E-state index contributed by atoms with van der Waals surface area (Å²) in [5, 5.41) is 3.37. The molecule has 0 unspecified atom stereocenters. The molecule has 0 bridgehead atoms. The molecule has 4 heteroatoms. The molecule has 2 rings (SSSR count). The molecule has 2 aromatic carbocycles. The summed E-state index contributed by atoms with van der Waals surface area (Å²) in [6.45, 7) is 3.48. The van der Waals surface area contributed by atoms with Gasteiger partial charge in [-0.05, 0) is 42.8 Å². The molecular formula is C15H15Br2NO. The smallest absolute Gasteiger partial charge is 0.120 e. The van der Waals surface area contributed by atoms with E-state index in [1.807, 2.05) is 30.3 Å². The Labute approximate surface area is 130 Å². The number of rotatable bonds is 5. The molecule has 0 saturated heterocycles. The van der Waals surface area contributed by atoms with Crippen LogP contribution in [0.5, 0.6) is 5.75 Å². The van der Waals surface area contributed by atoms with Crippen LogP contribution in [0, 0.1) is 6.92 Å². The third-order valence-corrected chi connectivity index (χ3v) is 3.67. The minimum atomic E-state index is 0.627. The van der Waals surface area contributed by atoms with Gasteiger partial charge in [0.25, 0.3) is 0 Å². The van der Waals surface area contributed by atoms with E-state index in [0.29, 0.717) is 6.61 Å². The Morgan fingerprint density at radius 3 is 2.63 bits per heavy atom. The maximum Gasteiger partial charge on any atom is 0.120 e. The molecule has 19 heavy (non-hydrogen) atoms. The highest BCUT2D eigenvalue weighted by Gasteiger charge is 1.99. The molecule has 0 amide bonds. The van der Waals surface area contributed by atoms with Crippen LogP contribution in [0.25, 0.3) is 0 Å². The highest BCUT2D eigenvalue weighted by Crippen LogP contribution is 2.20. The largest absolute Gasteiger partial charge is 0.492 e. The molecule has 2 nitrogen and oxygen atoms in total. The first kappa shape index (κ1) is 14.4. The lowest BCUT2D eigenvalue weighted by Gasteiger charge is -2.11. The van der Waals surface area contributed by atoms with Crippen molar-refractivity contribution in [1.29, 1.82) is 0 Å². The van der Waals surface area contributed by atoms with E-state index in [9.17, 15) is 0 Å². The standard InChI is InChI=1S/C15H15Br2NO/c1-11-5-6-13(17)10-15(11)18-7-8-19-14-4-2-3-12(16)9-14/h2-6,9-10,18H,7-8H2,1H3. The van der Waals surface area contributed by atoms with E-state index >= 15 is 0 Å². The van der Waals surface area contributed by atoms with Crippen molar-refractivity contribution in [2.45, 2.75) is 6.92 Å². The molecule has 0 fully saturated rings. The van der Waals surface area contributed by atoms with E-state index in [0.717, 1.165) is 26.9 Å². The van der Waals surface area contributed by atoms with Crippen LogP contribution in [0.2, 0.25) is 0 Å². The van der Waals surface area contributed by atoms with Crippen molar-refractivity contribution in [2.24, 2.45) is 0 Å². The Bertz CT molecular complexity index is 558. The number of benzene rings is 2. The Morgan fingerprint density at radius 1 is 1.05 bits per heavy atom. The molecule has 100 valence electrons. The molecule has 0 aliphatic carbocycles. The second kappa shape index (κ2) is 6.96. The Morgan fingerprint density at radius 2 is 1.84 bits per heavy atom. The maximum atomic E-state index is 5.67. The third kappa shape index (κ3) is 4.55. The van der Waals surface area contributed by atoms with Crippen molar-refractivity contribution < 1.29 is 4.74 Å².